The van der Waals surface area contributed by atoms with Gasteiger partial charge in [0.1, 0.15) is 5.75 Å². The third-order valence-electron chi connectivity index (χ3n) is 4.54. The second-order valence-corrected chi connectivity index (χ2v) is 8.34. The fraction of sp³-hybridized carbons (Fsp3) is 0.0952. The predicted octanol–water partition coefficient (Wildman–Crippen LogP) is 2.72. The van der Waals surface area contributed by atoms with Gasteiger partial charge in [0.15, 0.2) is 0 Å². The average molecular weight is 422 g/mol. The SMILES string of the molecule is COc1ccc(CN(c2ncccn2)S(=O)(=O)c2ccc3[nH]c(=O)ccc3c2)cc1. The number of hydrogen-bond donors (Lipinski definition) is 1. The molecule has 0 saturated carbocycles. The molecule has 30 heavy (non-hydrogen) atoms. The van der Waals surface area contributed by atoms with Crippen LogP contribution in [-0.4, -0.2) is 30.5 Å². The number of sulfonamides is 1. The van der Waals surface area contributed by atoms with E-state index in [4.69, 9.17) is 4.74 Å². The molecule has 152 valence electrons. The number of aromatic nitrogens is 3. The second kappa shape index (κ2) is 7.96. The van der Waals surface area contributed by atoms with E-state index in [9.17, 15) is 13.2 Å². The Morgan fingerprint density at radius 1 is 1.00 bits per heavy atom. The van der Waals surface area contributed by atoms with Crippen molar-refractivity contribution in [3.05, 3.63) is 89.0 Å². The van der Waals surface area contributed by atoms with E-state index in [2.05, 4.69) is 15.0 Å². The molecule has 2 aromatic heterocycles. The maximum Gasteiger partial charge on any atom is 0.266 e. The molecule has 1 N–H and O–H groups in total. The fourth-order valence-electron chi connectivity index (χ4n) is 3.00. The number of anilines is 1. The maximum atomic E-state index is 13.5. The van der Waals surface area contributed by atoms with Crippen molar-refractivity contribution in [3.8, 4) is 5.75 Å². The molecule has 0 fully saturated rings. The van der Waals surface area contributed by atoms with Crippen molar-refractivity contribution in [2.24, 2.45) is 0 Å². The largest absolute Gasteiger partial charge is 0.497 e. The van der Waals surface area contributed by atoms with Crippen LogP contribution in [0.4, 0.5) is 5.95 Å². The van der Waals surface area contributed by atoms with E-state index in [1.54, 1.807) is 49.6 Å². The quantitative estimate of drug-likeness (QED) is 0.512. The maximum absolute atomic E-state index is 13.5. The van der Waals surface area contributed by atoms with E-state index in [0.717, 1.165) is 9.87 Å². The lowest BCUT2D eigenvalue weighted by Gasteiger charge is -2.22. The molecule has 9 heteroatoms. The number of aromatic amines is 1. The predicted molar refractivity (Wildman–Crippen MR) is 113 cm³/mol. The first-order valence-electron chi connectivity index (χ1n) is 9.03. The summed E-state index contributed by atoms with van der Waals surface area (Å²) in [5.41, 5.74) is 1.05. The molecular weight excluding hydrogens is 404 g/mol. The first-order chi connectivity index (χ1) is 14.5. The van der Waals surface area contributed by atoms with Crippen LogP contribution in [-0.2, 0) is 16.6 Å². The van der Waals surface area contributed by atoms with Gasteiger partial charge < -0.3 is 9.72 Å². The Balaban J connectivity index is 1.78. The number of ether oxygens (including phenoxy) is 1. The lowest BCUT2D eigenvalue weighted by atomic mass is 10.2. The molecule has 0 spiro atoms. The topological polar surface area (TPSA) is 105 Å². The van der Waals surface area contributed by atoms with Gasteiger partial charge in [-0.05, 0) is 53.4 Å². The zero-order chi connectivity index (χ0) is 21.1. The minimum Gasteiger partial charge on any atom is -0.497 e. The van der Waals surface area contributed by atoms with Crippen molar-refractivity contribution in [3.63, 3.8) is 0 Å². The number of fused-ring (bicyclic) bond motifs is 1. The summed E-state index contributed by atoms with van der Waals surface area (Å²) in [6, 6.07) is 16.2. The van der Waals surface area contributed by atoms with Crippen molar-refractivity contribution >= 4 is 26.9 Å². The number of nitrogens with zero attached hydrogens (tertiary/aromatic N) is 3. The summed E-state index contributed by atoms with van der Waals surface area (Å²) in [7, 11) is -2.42. The fourth-order valence-corrected chi connectivity index (χ4v) is 4.40. The smallest absolute Gasteiger partial charge is 0.266 e. The number of H-pyrrole nitrogens is 1. The summed E-state index contributed by atoms with van der Waals surface area (Å²) >= 11 is 0. The third kappa shape index (κ3) is 3.87. The van der Waals surface area contributed by atoms with E-state index >= 15 is 0 Å². The lowest BCUT2D eigenvalue weighted by Crippen LogP contribution is -2.32. The van der Waals surface area contributed by atoms with Crippen molar-refractivity contribution in [1.82, 2.24) is 15.0 Å². The number of rotatable bonds is 6. The Kier molecular flexibility index (Phi) is 5.20. The molecule has 0 aliphatic rings. The van der Waals surface area contributed by atoms with Crippen LogP contribution in [0.3, 0.4) is 0 Å². The Morgan fingerprint density at radius 2 is 1.73 bits per heavy atom. The number of hydrogen-bond acceptors (Lipinski definition) is 6. The van der Waals surface area contributed by atoms with Gasteiger partial charge in [-0.1, -0.05) is 12.1 Å². The Labute approximate surface area is 172 Å². The normalized spacial score (nSPS) is 11.4. The van der Waals surface area contributed by atoms with Crippen molar-refractivity contribution in [2.75, 3.05) is 11.4 Å². The monoisotopic (exact) mass is 422 g/mol. The number of pyridine rings is 1. The molecule has 4 aromatic rings. The van der Waals surface area contributed by atoms with E-state index < -0.39 is 10.0 Å². The van der Waals surface area contributed by atoms with Crippen molar-refractivity contribution in [1.29, 1.82) is 0 Å². The summed E-state index contributed by atoms with van der Waals surface area (Å²) in [6.07, 6.45) is 2.98. The van der Waals surface area contributed by atoms with E-state index in [0.29, 0.717) is 16.7 Å². The van der Waals surface area contributed by atoms with Gasteiger partial charge in [0.25, 0.3) is 10.0 Å². The highest BCUT2D eigenvalue weighted by Crippen LogP contribution is 2.25. The molecule has 0 radical (unpaired) electrons. The number of nitrogens with one attached hydrogen (secondary N) is 1. The highest BCUT2D eigenvalue weighted by Gasteiger charge is 2.27. The zero-order valence-corrected chi connectivity index (χ0v) is 16.8. The van der Waals surface area contributed by atoms with Gasteiger partial charge >= 0.3 is 0 Å². The zero-order valence-electron chi connectivity index (χ0n) is 16.0. The van der Waals surface area contributed by atoms with Crippen LogP contribution < -0.4 is 14.6 Å². The van der Waals surface area contributed by atoms with Crippen LogP contribution in [0.1, 0.15) is 5.56 Å². The summed E-state index contributed by atoms with van der Waals surface area (Å²) < 4.78 is 33.4. The highest BCUT2D eigenvalue weighted by molar-refractivity contribution is 7.92. The molecule has 0 bridgehead atoms. The highest BCUT2D eigenvalue weighted by atomic mass is 32.2. The van der Waals surface area contributed by atoms with Gasteiger partial charge in [0.05, 0.1) is 18.6 Å². The van der Waals surface area contributed by atoms with Crippen LogP contribution in [0.15, 0.2) is 82.7 Å². The standard InChI is InChI=1S/C21H18N4O4S/c1-29-17-6-3-15(4-7-17)14-25(21-22-11-2-12-23-21)30(27,28)18-8-9-19-16(13-18)5-10-20(26)24-19/h2-13H,14H2,1H3,(H,24,26). The van der Waals surface area contributed by atoms with Crippen LogP contribution in [0.2, 0.25) is 0 Å². The molecule has 0 amide bonds. The summed E-state index contributed by atoms with van der Waals surface area (Å²) in [4.78, 5) is 22.5. The molecule has 4 rings (SSSR count). The number of methoxy groups -OCH3 is 1. The van der Waals surface area contributed by atoms with E-state index in [-0.39, 0.29) is 22.9 Å². The van der Waals surface area contributed by atoms with Gasteiger partial charge in [-0.2, -0.15) is 0 Å². The second-order valence-electron chi connectivity index (χ2n) is 6.48. The van der Waals surface area contributed by atoms with Gasteiger partial charge in [-0.15, -0.1) is 0 Å². The minimum atomic E-state index is -3.98. The van der Waals surface area contributed by atoms with Gasteiger partial charge in [-0.3, -0.25) is 4.79 Å². The van der Waals surface area contributed by atoms with Crippen LogP contribution in [0, 0.1) is 0 Å². The van der Waals surface area contributed by atoms with Crippen LogP contribution in [0.5, 0.6) is 5.75 Å². The average Bonchev–Trinajstić information content (AvgIpc) is 2.78. The molecule has 0 unspecified atom stereocenters. The molecule has 0 saturated heterocycles. The summed E-state index contributed by atoms with van der Waals surface area (Å²) in [6.45, 7) is 0.0417. The van der Waals surface area contributed by atoms with E-state index in [1.807, 2.05) is 0 Å². The van der Waals surface area contributed by atoms with Gasteiger partial charge in [0.2, 0.25) is 11.5 Å². The third-order valence-corrected chi connectivity index (χ3v) is 6.27. The van der Waals surface area contributed by atoms with Crippen LogP contribution >= 0.6 is 0 Å². The van der Waals surface area contributed by atoms with Crippen molar-refractivity contribution in [2.45, 2.75) is 11.4 Å². The molecule has 2 aromatic carbocycles. The lowest BCUT2D eigenvalue weighted by molar-refractivity contribution is 0.414. The first kappa shape index (κ1) is 19.6. The summed E-state index contributed by atoms with van der Waals surface area (Å²) in [5, 5.41) is 0.606. The molecule has 2 heterocycles. The number of benzene rings is 2. The molecule has 0 aliphatic heterocycles. The molecule has 8 nitrogen and oxygen atoms in total. The van der Waals surface area contributed by atoms with E-state index in [1.165, 1.54) is 30.6 Å². The molecular formula is C21H18N4O4S. The Hall–Kier alpha value is -3.72. The molecule has 0 atom stereocenters. The van der Waals surface area contributed by atoms with Gasteiger partial charge in [0, 0.05) is 24.0 Å². The minimum absolute atomic E-state index is 0.0417. The summed E-state index contributed by atoms with van der Waals surface area (Å²) in [5.74, 6) is 0.738. The van der Waals surface area contributed by atoms with Crippen molar-refractivity contribution < 1.29 is 13.2 Å². The Morgan fingerprint density at radius 3 is 2.43 bits per heavy atom. The Bertz CT molecular complexity index is 1340. The van der Waals surface area contributed by atoms with Gasteiger partial charge in [-0.25, -0.2) is 22.7 Å². The first-order valence-corrected chi connectivity index (χ1v) is 10.5. The van der Waals surface area contributed by atoms with Crippen LogP contribution in [0.25, 0.3) is 10.9 Å². The molecule has 0 aliphatic carbocycles.